The first-order valence-corrected chi connectivity index (χ1v) is 8.83. The second kappa shape index (κ2) is 7.99. The summed E-state index contributed by atoms with van der Waals surface area (Å²) >= 11 is 0. The third-order valence-electron chi connectivity index (χ3n) is 4.43. The largest absolute Gasteiger partial charge is 0.508 e. The molecule has 0 aliphatic carbocycles. The van der Waals surface area contributed by atoms with E-state index in [1.807, 2.05) is 12.1 Å². The number of phenolic OH excluding ortho intramolecular Hbond substituents is 1. The fraction of sp³-hybridized carbons (Fsp3) is 0.526. The van der Waals surface area contributed by atoms with Crippen molar-refractivity contribution in [3.8, 4) is 17.1 Å². The van der Waals surface area contributed by atoms with E-state index in [0.717, 1.165) is 24.1 Å². The second-order valence-electron chi connectivity index (χ2n) is 6.94. The highest BCUT2D eigenvalue weighted by atomic mass is 16.5. The van der Waals surface area contributed by atoms with Crippen LogP contribution in [0, 0.1) is 0 Å². The molecule has 1 saturated heterocycles. The van der Waals surface area contributed by atoms with Gasteiger partial charge in [0, 0.05) is 30.6 Å². The van der Waals surface area contributed by atoms with Crippen molar-refractivity contribution in [1.29, 1.82) is 0 Å². The highest BCUT2D eigenvalue weighted by Gasteiger charge is 2.30. The van der Waals surface area contributed by atoms with E-state index in [4.69, 9.17) is 9.26 Å². The molecule has 1 aromatic heterocycles. The SMILES string of the molecule is CC(C)NCC1OC(Cc2cc(-c3cccc(O)c3)on2)CCC1O. The standard InChI is InChI=1S/C19H26N2O4/c1-12(2)20-11-19-17(23)7-6-16(24-19)9-14-10-18(25-21-14)13-4-3-5-15(22)8-13/h3-5,8,10,12,16-17,19-20,22-23H,6-7,9,11H2,1-2H3. The summed E-state index contributed by atoms with van der Waals surface area (Å²) in [5.74, 6) is 0.820. The van der Waals surface area contributed by atoms with Crippen LogP contribution in [-0.4, -0.2) is 46.3 Å². The number of aliphatic hydroxyl groups excluding tert-OH is 1. The Kier molecular flexibility index (Phi) is 5.73. The van der Waals surface area contributed by atoms with E-state index in [1.54, 1.807) is 18.2 Å². The molecule has 3 N–H and O–H groups in total. The van der Waals surface area contributed by atoms with Gasteiger partial charge in [0.1, 0.15) is 5.75 Å². The van der Waals surface area contributed by atoms with E-state index in [2.05, 4.69) is 24.3 Å². The minimum atomic E-state index is -0.428. The molecule has 2 aromatic rings. The van der Waals surface area contributed by atoms with Gasteiger partial charge >= 0.3 is 0 Å². The lowest BCUT2D eigenvalue weighted by atomic mass is 9.98. The summed E-state index contributed by atoms with van der Waals surface area (Å²) in [5, 5.41) is 27.1. The average Bonchev–Trinajstić information content (AvgIpc) is 3.04. The van der Waals surface area contributed by atoms with Crippen LogP contribution in [0.2, 0.25) is 0 Å². The van der Waals surface area contributed by atoms with Crippen LogP contribution in [0.4, 0.5) is 0 Å². The predicted molar refractivity (Wildman–Crippen MR) is 94.3 cm³/mol. The Balaban J connectivity index is 1.60. The van der Waals surface area contributed by atoms with E-state index in [1.165, 1.54) is 0 Å². The maximum atomic E-state index is 10.1. The number of nitrogens with zero attached hydrogens (tertiary/aromatic N) is 1. The molecule has 6 heteroatoms. The summed E-state index contributed by atoms with van der Waals surface area (Å²) in [4.78, 5) is 0. The molecule has 0 bridgehead atoms. The highest BCUT2D eigenvalue weighted by molar-refractivity contribution is 5.59. The molecule has 3 rings (SSSR count). The van der Waals surface area contributed by atoms with Crippen LogP contribution >= 0.6 is 0 Å². The maximum Gasteiger partial charge on any atom is 0.167 e. The van der Waals surface area contributed by atoms with E-state index in [9.17, 15) is 10.2 Å². The Morgan fingerprint density at radius 3 is 2.88 bits per heavy atom. The minimum Gasteiger partial charge on any atom is -0.508 e. The lowest BCUT2D eigenvalue weighted by Gasteiger charge is -2.34. The Bertz CT molecular complexity index is 686. The number of aromatic nitrogens is 1. The van der Waals surface area contributed by atoms with Gasteiger partial charge in [-0.2, -0.15) is 0 Å². The highest BCUT2D eigenvalue weighted by Crippen LogP contribution is 2.26. The number of aliphatic hydroxyl groups is 1. The van der Waals surface area contributed by atoms with E-state index >= 15 is 0 Å². The zero-order valence-corrected chi connectivity index (χ0v) is 14.7. The fourth-order valence-corrected chi connectivity index (χ4v) is 3.07. The molecule has 1 aliphatic rings. The average molecular weight is 346 g/mol. The summed E-state index contributed by atoms with van der Waals surface area (Å²) in [6.45, 7) is 4.79. The summed E-state index contributed by atoms with van der Waals surface area (Å²) in [6, 6.07) is 9.13. The molecule has 1 aromatic carbocycles. The van der Waals surface area contributed by atoms with Crippen LogP contribution in [0.1, 0.15) is 32.4 Å². The number of ether oxygens (including phenoxy) is 1. The van der Waals surface area contributed by atoms with Crippen LogP contribution in [0.25, 0.3) is 11.3 Å². The first-order chi connectivity index (χ1) is 12.0. The van der Waals surface area contributed by atoms with Gasteiger partial charge in [0.15, 0.2) is 5.76 Å². The molecule has 0 spiro atoms. The number of hydrogen-bond acceptors (Lipinski definition) is 6. The first kappa shape index (κ1) is 17.9. The van der Waals surface area contributed by atoms with Crippen molar-refractivity contribution >= 4 is 0 Å². The Labute approximate surface area is 147 Å². The van der Waals surface area contributed by atoms with Crippen molar-refractivity contribution in [3.63, 3.8) is 0 Å². The molecule has 2 heterocycles. The van der Waals surface area contributed by atoms with E-state index < -0.39 is 6.10 Å². The zero-order chi connectivity index (χ0) is 17.8. The summed E-state index contributed by atoms with van der Waals surface area (Å²) < 4.78 is 11.4. The van der Waals surface area contributed by atoms with Crippen LogP contribution < -0.4 is 5.32 Å². The molecule has 1 aliphatic heterocycles. The van der Waals surface area contributed by atoms with Crippen LogP contribution in [0.3, 0.4) is 0 Å². The molecule has 1 fully saturated rings. The molecule has 25 heavy (non-hydrogen) atoms. The van der Waals surface area contributed by atoms with Crippen molar-refractivity contribution < 1.29 is 19.5 Å². The second-order valence-corrected chi connectivity index (χ2v) is 6.94. The van der Waals surface area contributed by atoms with E-state index in [-0.39, 0.29) is 18.0 Å². The molecule has 3 unspecified atom stereocenters. The Hall–Kier alpha value is -1.89. The van der Waals surface area contributed by atoms with Crippen LogP contribution in [-0.2, 0) is 11.2 Å². The van der Waals surface area contributed by atoms with Crippen molar-refractivity contribution in [2.24, 2.45) is 0 Å². The molecule has 136 valence electrons. The number of aromatic hydroxyl groups is 1. The number of rotatable bonds is 6. The molecule has 0 saturated carbocycles. The van der Waals surface area contributed by atoms with Crippen LogP contribution in [0.15, 0.2) is 34.9 Å². The maximum absolute atomic E-state index is 10.1. The van der Waals surface area contributed by atoms with Gasteiger partial charge < -0.3 is 24.8 Å². The Morgan fingerprint density at radius 1 is 1.28 bits per heavy atom. The summed E-state index contributed by atoms with van der Waals surface area (Å²) in [5.41, 5.74) is 1.60. The van der Waals surface area contributed by atoms with Crippen molar-refractivity contribution in [2.75, 3.05) is 6.54 Å². The van der Waals surface area contributed by atoms with Gasteiger partial charge in [-0.05, 0) is 25.0 Å². The fourth-order valence-electron chi connectivity index (χ4n) is 3.07. The lowest BCUT2D eigenvalue weighted by molar-refractivity contribution is -0.115. The van der Waals surface area contributed by atoms with Gasteiger partial charge in [-0.1, -0.05) is 31.1 Å². The third kappa shape index (κ3) is 4.81. The number of phenols is 1. The van der Waals surface area contributed by atoms with Gasteiger partial charge in [0.05, 0.1) is 24.0 Å². The van der Waals surface area contributed by atoms with Crippen molar-refractivity contribution in [3.05, 3.63) is 36.0 Å². The molecule has 0 radical (unpaired) electrons. The van der Waals surface area contributed by atoms with Crippen LogP contribution in [0.5, 0.6) is 5.75 Å². The lowest BCUT2D eigenvalue weighted by Crippen LogP contribution is -2.46. The van der Waals surface area contributed by atoms with E-state index in [0.29, 0.717) is 24.8 Å². The summed E-state index contributed by atoms with van der Waals surface area (Å²) in [6.07, 6.45) is 1.57. The molecule has 6 nitrogen and oxygen atoms in total. The van der Waals surface area contributed by atoms with Gasteiger partial charge in [-0.25, -0.2) is 0 Å². The number of nitrogens with one attached hydrogen (secondary N) is 1. The molecule has 3 atom stereocenters. The van der Waals surface area contributed by atoms with Crippen molar-refractivity contribution in [1.82, 2.24) is 10.5 Å². The van der Waals surface area contributed by atoms with Gasteiger partial charge in [0.25, 0.3) is 0 Å². The summed E-state index contributed by atoms with van der Waals surface area (Å²) in [7, 11) is 0. The van der Waals surface area contributed by atoms with Gasteiger partial charge in [-0.15, -0.1) is 0 Å². The quantitative estimate of drug-likeness (QED) is 0.745. The smallest absolute Gasteiger partial charge is 0.167 e. The number of hydrogen-bond donors (Lipinski definition) is 3. The van der Waals surface area contributed by atoms with Gasteiger partial charge in [-0.3, -0.25) is 0 Å². The topological polar surface area (TPSA) is 87.8 Å². The third-order valence-corrected chi connectivity index (χ3v) is 4.43. The minimum absolute atomic E-state index is 0.0180. The normalized spacial score (nSPS) is 23.9. The molecular weight excluding hydrogens is 320 g/mol. The zero-order valence-electron chi connectivity index (χ0n) is 14.7. The Morgan fingerprint density at radius 2 is 2.12 bits per heavy atom. The predicted octanol–water partition coefficient (Wildman–Crippen LogP) is 2.50. The van der Waals surface area contributed by atoms with Crippen molar-refractivity contribution in [2.45, 2.75) is 57.5 Å². The monoisotopic (exact) mass is 346 g/mol. The van der Waals surface area contributed by atoms with Gasteiger partial charge in [0.2, 0.25) is 0 Å². The molecule has 0 amide bonds. The first-order valence-electron chi connectivity index (χ1n) is 8.83. The number of benzene rings is 1. The molecular formula is C19H26N2O4.